The molecule has 1 aromatic heterocycles. The molecule has 9 heteroatoms. The Morgan fingerprint density at radius 1 is 0.944 bits per heavy atom. The van der Waals surface area contributed by atoms with E-state index in [1.807, 2.05) is 6.92 Å². The van der Waals surface area contributed by atoms with Crippen LogP contribution >= 0.6 is 0 Å². The topological polar surface area (TPSA) is 139 Å². The lowest BCUT2D eigenvalue weighted by atomic mass is 9.80. The second kappa shape index (κ2) is 8.35. The summed E-state index contributed by atoms with van der Waals surface area (Å²) >= 11 is 0. The molecule has 0 radical (unpaired) electrons. The Kier molecular flexibility index (Phi) is 5.64. The molecule has 0 amide bonds. The zero-order chi connectivity index (χ0) is 26.1. The van der Waals surface area contributed by atoms with Gasteiger partial charge in [0.05, 0.1) is 31.1 Å². The van der Waals surface area contributed by atoms with E-state index in [0.29, 0.717) is 33.2 Å². The summed E-state index contributed by atoms with van der Waals surface area (Å²) in [6, 6.07) is 8.11. The number of phenols is 1. The van der Waals surface area contributed by atoms with E-state index in [0.717, 1.165) is 5.56 Å². The van der Waals surface area contributed by atoms with E-state index in [1.54, 1.807) is 25.1 Å². The van der Waals surface area contributed by atoms with Gasteiger partial charge in [0, 0.05) is 16.2 Å². The van der Waals surface area contributed by atoms with Crippen LogP contribution in [0.1, 0.15) is 31.1 Å². The molecule has 0 spiro atoms. The summed E-state index contributed by atoms with van der Waals surface area (Å²) in [6.07, 6.45) is -4.84. The van der Waals surface area contributed by atoms with Gasteiger partial charge >= 0.3 is 5.63 Å². The zero-order valence-corrected chi connectivity index (χ0v) is 20.5. The first-order valence-corrected chi connectivity index (χ1v) is 11.5. The fourth-order valence-electron chi connectivity index (χ4n) is 5.28. The molecule has 36 heavy (non-hydrogen) atoms. The Bertz CT molecular complexity index is 1570. The lowest BCUT2D eigenvalue weighted by molar-refractivity contribution is -0.261. The number of aliphatic hydroxyl groups excluding tert-OH is 2. The van der Waals surface area contributed by atoms with Crippen molar-refractivity contribution in [1.29, 1.82) is 0 Å². The minimum absolute atomic E-state index is 0.130. The molecule has 0 saturated carbocycles. The van der Waals surface area contributed by atoms with E-state index < -0.39 is 35.6 Å². The first kappa shape index (κ1) is 24.3. The highest BCUT2D eigenvalue weighted by atomic mass is 16.5. The van der Waals surface area contributed by atoms with Crippen LogP contribution < -0.4 is 15.1 Å². The molecule has 4 aromatic rings. The Balaban J connectivity index is 1.97. The number of aliphatic hydroxyl groups is 3. The van der Waals surface area contributed by atoms with Crippen molar-refractivity contribution in [2.45, 2.75) is 50.8 Å². The molecule has 3 aromatic carbocycles. The lowest BCUT2D eigenvalue weighted by Gasteiger charge is -2.46. The van der Waals surface area contributed by atoms with E-state index >= 15 is 0 Å². The lowest BCUT2D eigenvalue weighted by Crippen LogP contribution is -2.61. The first-order chi connectivity index (χ1) is 17.0. The Hall–Kier alpha value is -3.37. The van der Waals surface area contributed by atoms with Gasteiger partial charge in [-0.05, 0) is 56.2 Å². The third-order valence-electron chi connectivity index (χ3n) is 7.18. The van der Waals surface area contributed by atoms with Crippen LogP contribution in [-0.4, -0.2) is 58.6 Å². The van der Waals surface area contributed by atoms with Gasteiger partial charge in [0.2, 0.25) is 0 Å². The van der Waals surface area contributed by atoms with E-state index in [1.165, 1.54) is 33.3 Å². The van der Waals surface area contributed by atoms with E-state index in [-0.39, 0.29) is 22.1 Å². The minimum atomic E-state index is -1.89. The van der Waals surface area contributed by atoms with Gasteiger partial charge in [0.15, 0.2) is 0 Å². The van der Waals surface area contributed by atoms with Crippen molar-refractivity contribution >= 4 is 32.5 Å². The average molecular weight is 497 g/mol. The molecule has 0 bridgehead atoms. The van der Waals surface area contributed by atoms with Crippen LogP contribution in [0.2, 0.25) is 0 Å². The maximum atomic E-state index is 13.2. The number of methoxy groups -OCH3 is 2. The van der Waals surface area contributed by atoms with Crippen molar-refractivity contribution < 1.29 is 39.1 Å². The smallest absolute Gasteiger partial charge is 0.344 e. The van der Waals surface area contributed by atoms with Gasteiger partial charge in [0.1, 0.15) is 46.7 Å². The number of aryl methyl sites for hydroxylation is 1. The quantitative estimate of drug-likeness (QED) is 0.249. The van der Waals surface area contributed by atoms with Gasteiger partial charge < -0.3 is 39.1 Å². The Morgan fingerprint density at radius 2 is 1.61 bits per heavy atom. The van der Waals surface area contributed by atoms with Gasteiger partial charge in [0.25, 0.3) is 0 Å². The van der Waals surface area contributed by atoms with Crippen LogP contribution in [0.5, 0.6) is 17.2 Å². The summed E-state index contributed by atoms with van der Waals surface area (Å²) in [5.41, 5.74) is -1.22. The highest BCUT2D eigenvalue weighted by Gasteiger charge is 2.51. The molecule has 0 aliphatic carbocycles. The highest BCUT2D eigenvalue weighted by molar-refractivity contribution is 6.19. The summed E-state index contributed by atoms with van der Waals surface area (Å²) in [4.78, 5) is 13.2. The number of ether oxygens (including phenoxy) is 3. The van der Waals surface area contributed by atoms with Gasteiger partial charge in [-0.2, -0.15) is 0 Å². The molecule has 1 aliphatic rings. The Labute approximate surface area is 206 Å². The molecule has 4 N–H and O–H groups in total. The van der Waals surface area contributed by atoms with Crippen molar-refractivity contribution in [2.24, 2.45) is 0 Å². The minimum Gasteiger partial charge on any atom is -0.507 e. The predicted octanol–water partition coefficient (Wildman–Crippen LogP) is 3.06. The van der Waals surface area contributed by atoms with Crippen molar-refractivity contribution in [3.8, 4) is 17.2 Å². The van der Waals surface area contributed by atoms with Crippen molar-refractivity contribution in [3.63, 3.8) is 0 Å². The first-order valence-electron chi connectivity index (χ1n) is 11.5. The maximum absolute atomic E-state index is 13.2. The summed E-state index contributed by atoms with van der Waals surface area (Å²) in [7, 11) is 2.95. The van der Waals surface area contributed by atoms with Crippen LogP contribution in [0.15, 0.2) is 39.5 Å². The number of phenolic OH excluding ortho intramolecular Hbond substituents is 1. The summed E-state index contributed by atoms with van der Waals surface area (Å²) in [5.74, 6) is 0.607. The third-order valence-corrected chi connectivity index (χ3v) is 7.18. The van der Waals surface area contributed by atoms with Crippen molar-refractivity contribution in [2.75, 3.05) is 14.2 Å². The fourth-order valence-corrected chi connectivity index (χ4v) is 5.28. The molecule has 9 nitrogen and oxygen atoms in total. The van der Waals surface area contributed by atoms with Crippen molar-refractivity contribution in [3.05, 3.63) is 51.9 Å². The summed E-state index contributed by atoms with van der Waals surface area (Å²) < 4.78 is 23.0. The molecular formula is C27H28O9. The monoisotopic (exact) mass is 496 g/mol. The van der Waals surface area contributed by atoms with Gasteiger partial charge in [-0.15, -0.1) is 0 Å². The normalized spacial score (nSPS) is 26.6. The molecule has 190 valence electrons. The largest absolute Gasteiger partial charge is 0.507 e. The van der Waals surface area contributed by atoms with Crippen LogP contribution in [0.4, 0.5) is 0 Å². The van der Waals surface area contributed by atoms with Gasteiger partial charge in [-0.3, -0.25) is 0 Å². The standard InChI is InChI=1S/C27H28O9/c1-11-8-15-19(17(9-11)33-4)14-10-18(34-5)21-16(28)7-6-13(20(21)22(14)36-26(15)31)23-25(30)27(3,32)24(29)12(2)35-23/h6-10,12,23-25,28-30,32H,1-5H3/t12-,23-,24+,25+,27+/m0/s1. The van der Waals surface area contributed by atoms with Crippen LogP contribution in [-0.2, 0) is 4.74 Å². The number of hydrogen-bond acceptors (Lipinski definition) is 9. The summed E-state index contributed by atoms with van der Waals surface area (Å²) in [5, 5.41) is 45.0. The molecule has 1 fully saturated rings. The molecule has 5 atom stereocenters. The fraction of sp³-hybridized carbons (Fsp3) is 0.370. The number of rotatable bonds is 3. The number of hydrogen-bond donors (Lipinski definition) is 4. The zero-order valence-electron chi connectivity index (χ0n) is 20.5. The molecule has 1 saturated heterocycles. The second-order valence-corrected chi connectivity index (χ2v) is 9.54. The number of aromatic hydroxyl groups is 1. The molecular weight excluding hydrogens is 468 g/mol. The third kappa shape index (κ3) is 3.35. The van der Waals surface area contributed by atoms with E-state index in [9.17, 15) is 25.2 Å². The predicted molar refractivity (Wildman–Crippen MR) is 133 cm³/mol. The van der Waals surface area contributed by atoms with E-state index in [4.69, 9.17) is 18.6 Å². The summed E-state index contributed by atoms with van der Waals surface area (Å²) in [6.45, 7) is 4.75. The Morgan fingerprint density at radius 3 is 2.28 bits per heavy atom. The SMILES string of the molecule is COc1cc2c(oc(=O)c3cc(C)cc(OC)c32)c2c([C@@H]3O[C@@H](C)[C@@H](O)[C@@](C)(O)[C@@H]3O)ccc(O)c12. The van der Waals surface area contributed by atoms with Gasteiger partial charge in [-0.1, -0.05) is 6.07 Å². The number of benzene rings is 3. The van der Waals surface area contributed by atoms with Crippen LogP contribution in [0.25, 0.3) is 32.5 Å². The highest BCUT2D eigenvalue weighted by Crippen LogP contribution is 2.48. The molecule has 1 aliphatic heterocycles. The molecule has 5 rings (SSSR count). The average Bonchev–Trinajstić information content (AvgIpc) is 2.85. The second-order valence-electron chi connectivity index (χ2n) is 9.54. The van der Waals surface area contributed by atoms with Crippen LogP contribution in [0, 0.1) is 6.92 Å². The molecule has 0 unspecified atom stereocenters. The van der Waals surface area contributed by atoms with Crippen LogP contribution in [0.3, 0.4) is 0 Å². The van der Waals surface area contributed by atoms with E-state index in [2.05, 4.69) is 0 Å². The van der Waals surface area contributed by atoms with Crippen molar-refractivity contribution in [1.82, 2.24) is 0 Å². The maximum Gasteiger partial charge on any atom is 0.344 e. The molecule has 2 heterocycles. The number of fused-ring (bicyclic) bond motifs is 5. The van der Waals surface area contributed by atoms with Gasteiger partial charge in [-0.25, -0.2) is 4.79 Å².